The number of aromatic nitrogens is 7. The van der Waals surface area contributed by atoms with Crippen molar-refractivity contribution in [3.8, 4) is 33.2 Å². The van der Waals surface area contributed by atoms with E-state index in [1.54, 1.807) is 36.1 Å². The molecule has 0 atom stereocenters. The second kappa shape index (κ2) is 8.06. The van der Waals surface area contributed by atoms with Gasteiger partial charge in [-0.2, -0.15) is 5.10 Å². The largest absolute Gasteiger partial charge is 0.335 e. The minimum atomic E-state index is 0.0463. The number of H-pyrrole nitrogens is 2. The molecular formula is C26H20N8OS. The average Bonchev–Trinajstić information content (AvgIpc) is 3.30. The Morgan fingerprint density at radius 3 is 2.86 bits per heavy atom. The number of hydrogen-bond acceptors (Lipinski definition) is 7. The van der Waals surface area contributed by atoms with Crippen LogP contribution in [0.15, 0.2) is 55.1 Å². The number of rotatable bonds is 5. The summed E-state index contributed by atoms with van der Waals surface area (Å²) < 4.78 is 0. The lowest BCUT2D eigenvalue weighted by atomic mass is 10.1. The number of fused-ring (bicyclic) bond motifs is 2. The number of nitrogens with zero attached hydrogens (tertiary/aromatic N) is 5. The minimum absolute atomic E-state index is 0.0463. The number of hydrogen-bond donors (Lipinski definition) is 3. The molecule has 7 rings (SSSR count). The first-order valence-corrected chi connectivity index (χ1v) is 12.5. The van der Waals surface area contributed by atoms with Gasteiger partial charge in [0.1, 0.15) is 5.69 Å². The number of imidazole rings is 1. The molecule has 1 fully saturated rings. The van der Waals surface area contributed by atoms with Gasteiger partial charge in [0, 0.05) is 44.6 Å². The molecule has 6 heterocycles. The molecule has 176 valence electrons. The van der Waals surface area contributed by atoms with Gasteiger partial charge in [0.15, 0.2) is 11.5 Å². The highest BCUT2D eigenvalue weighted by atomic mass is 32.1. The van der Waals surface area contributed by atoms with Gasteiger partial charge in [0.05, 0.1) is 34.8 Å². The van der Waals surface area contributed by atoms with E-state index in [0.717, 1.165) is 51.0 Å². The molecule has 3 N–H and O–H groups in total. The van der Waals surface area contributed by atoms with Crippen LogP contribution in [-0.2, 0) is 4.79 Å². The van der Waals surface area contributed by atoms with E-state index in [9.17, 15) is 4.79 Å². The number of aromatic amines is 2. The number of pyridine rings is 3. The third kappa shape index (κ3) is 3.62. The Kier molecular flexibility index (Phi) is 4.68. The molecule has 36 heavy (non-hydrogen) atoms. The lowest BCUT2D eigenvalue weighted by Crippen LogP contribution is -2.13. The van der Waals surface area contributed by atoms with E-state index in [1.165, 1.54) is 4.88 Å². The van der Waals surface area contributed by atoms with Crippen LogP contribution in [0.3, 0.4) is 0 Å². The highest BCUT2D eigenvalue weighted by Crippen LogP contribution is 2.35. The summed E-state index contributed by atoms with van der Waals surface area (Å²) in [5.74, 6) is 0.800. The quantitative estimate of drug-likeness (QED) is 0.298. The molecule has 1 saturated carbocycles. The number of aryl methyl sites for hydroxylation is 1. The van der Waals surface area contributed by atoms with Gasteiger partial charge in [-0.05, 0) is 50.1 Å². The van der Waals surface area contributed by atoms with E-state index >= 15 is 0 Å². The van der Waals surface area contributed by atoms with E-state index in [1.807, 2.05) is 18.2 Å². The highest BCUT2D eigenvalue weighted by Gasteiger charge is 2.29. The molecule has 10 heteroatoms. The van der Waals surface area contributed by atoms with E-state index in [-0.39, 0.29) is 11.8 Å². The summed E-state index contributed by atoms with van der Waals surface area (Å²) in [5, 5.41) is 11.4. The van der Waals surface area contributed by atoms with Crippen LogP contribution in [0.5, 0.6) is 0 Å². The maximum absolute atomic E-state index is 12.2. The van der Waals surface area contributed by atoms with E-state index < -0.39 is 0 Å². The molecule has 0 unspecified atom stereocenters. The van der Waals surface area contributed by atoms with Crippen molar-refractivity contribution in [3.63, 3.8) is 0 Å². The zero-order chi connectivity index (χ0) is 24.2. The van der Waals surface area contributed by atoms with Gasteiger partial charge < -0.3 is 10.3 Å². The Labute approximate surface area is 209 Å². The fraction of sp³-hybridized carbons (Fsp3) is 0.154. The zero-order valence-corrected chi connectivity index (χ0v) is 20.1. The van der Waals surface area contributed by atoms with Crippen LogP contribution >= 0.6 is 11.3 Å². The molecule has 6 aromatic heterocycles. The van der Waals surface area contributed by atoms with Crippen molar-refractivity contribution in [2.24, 2.45) is 5.92 Å². The van der Waals surface area contributed by atoms with E-state index in [2.05, 4.69) is 54.5 Å². The topological polar surface area (TPSA) is 125 Å². The average molecular weight is 493 g/mol. The smallest absolute Gasteiger partial charge is 0.227 e. The van der Waals surface area contributed by atoms with Gasteiger partial charge in [0.25, 0.3) is 0 Å². The summed E-state index contributed by atoms with van der Waals surface area (Å²) >= 11 is 1.74. The first-order valence-electron chi connectivity index (χ1n) is 11.6. The Bertz CT molecular complexity index is 1780. The Morgan fingerprint density at radius 2 is 2.03 bits per heavy atom. The Hall–Kier alpha value is -4.44. The second-order valence-corrected chi connectivity index (χ2v) is 10.3. The summed E-state index contributed by atoms with van der Waals surface area (Å²) in [6.07, 6.45) is 8.82. The van der Waals surface area contributed by atoms with Crippen molar-refractivity contribution in [1.82, 2.24) is 35.1 Å². The fourth-order valence-corrected chi connectivity index (χ4v) is 5.20. The van der Waals surface area contributed by atoms with Crippen molar-refractivity contribution in [2.75, 3.05) is 5.32 Å². The van der Waals surface area contributed by atoms with Crippen molar-refractivity contribution >= 4 is 45.0 Å². The SMILES string of the molecule is Cc1ccc(-c2ccnc3nc(-c4n[nH]c5cnc(-c6cncc(NC(=O)C7CC7)c6)cc45)[nH]c23)s1. The van der Waals surface area contributed by atoms with Crippen LogP contribution in [0, 0.1) is 12.8 Å². The number of thiophene rings is 1. The van der Waals surface area contributed by atoms with E-state index in [4.69, 9.17) is 4.98 Å². The van der Waals surface area contributed by atoms with Gasteiger partial charge in [0.2, 0.25) is 5.91 Å². The first-order chi connectivity index (χ1) is 17.6. The molecule has 1 aliphatic carbocycles. The van der Waals surface area contributed by atoms with Crippen molar-refractivity contribution in [1.29, 1.82) is 0 Å². The summed E-state index contributed by atoms with van der Waals surface area (Å²) in [5.41, 5.74) is 6.26. The molecular weight excluding hydrogens is 472 g/mol. The molecule has 9 nitrogen and oxygen atoms in total. The fourth-order valence-electron chi connectivity index (χ4n) is 4.30. The minimum Gasteiger partial charge on any atom is -0.335 e. The Morgan fingerprint density at radius 1 is 1.11 bits per heavy atom. The predicted molar refractivity (Wildman–Crippen MR) is 139 cm³/mol. The van der Waals surface area contributed by atoms with Crippen LogP contribution in [0.1, 0.15) is 17.7 Å². The van der Waals surface area contributed by atoms with Crippen LogP contribution in [0.4, 0.5) is 5.69 Å². The number of anilines is 1. The zero-order valence-electron chi connectivity index (χ0n) is 19.2. The molecule has 0 aromatic carbocycles. The molecule has 1 amide bonds. The number of carbonyl (C=O) groups is 1. The number of carbonyl (C=O) groups excluding carboxylic acids is 1. The van der Waals surface area contributed by atoms with Crippen LogP contribution in [-0.4, -0.2) is 41.0 Å². The predicted octanol–water partition coefficient (Wildman–Crippen LogP) is 5.34. The highest BCUT2D eigenvalue weighted by molar-refractivity contribution is 7.15. The van der Waals surface area contributed by atoms with Gasteiger partial charge in [-0.3, -0.25) is 19.9 Å². The first kappa shape index (κ1) is 20.9. The second-order valence-electron chi connectivity index (χ2n) is 8.97. The number of amides is 1. The van der Waals surface area contributed by atoms with Crippen molar-refractivity contribution in [2.45, 2.75) is 19.8 Å². The molecule has 1 aliphatic rings. The molecule has 0 saturated heterocycles. The standard InChI is InChI=1S/C26H20N8OS/c1-13-2-5-21(36-13)17-6-7-28-24-22(17)31-25(32-24)23-18-9-19(29-12-20(18)33-34-23)15-8-16(11-27-10-15)30-26(35)14-3-4-14/h2,5-12,14H,3-4H2,1H3,(H,30,35)(H,33,34)(H,28,31,32). The third-order valence-electron chi connectivity index (χ3n) is 6.32. The third-order valence-corrected chi connectivity index (χ3v) is 7.35. The van der Waals surface area contributed by atoms with Crippen LogP contribution in [0.2, 0.25) is 0 Å². The molecule has 0 aliphatic heterocycles. The molecule has 0 radical (unpaired) electrons. The van der Waals surface area contributed by atoms with Gasteiger partial charge in [-0.25, -0.2) is 9.97 Å². The number of nitrogens with one attached hydrogen (secondary N) is 3. The van der Waals surface area contributed by atoms with Crippen molar-refractivity contribution in [3.05, 3.63) is 60.0 Å². The lowest BCUT2D eigenvalue weighted by Gasteiger charge is -2.06. The molecule has 0 spiro atoms. The van der Waals surface area contributed by atoms with Crippen molar-refractivity contribution < 1.29 is 4.79 Å². The normalized spacial score (nSPS) is 13.5. The van der Waals surface area contributed by atoms with Gasteiger partial charge >= 0.3 is 0 Å². The maximum atomic E-state index is 12.2. The monoisotopic (exact) mass is 492 g/mol. The van der Waals surface area contributed by atoms with E-state index in [0.29, 0.717) is 22.9 Å². The summed E-state index contributed by atoms with van der Waals surface area (Å²) in [7, 11) is 0. The molecule has 6 aromatic rings. The Balaban J connectivity index is 1.28. The lowest BCUT2D eigenvalue weighted by molar-refractivity contribution is -0.117. The summed E-state index contributed by atoms with van der Waals surface area (Å²) in [6, 6.07) is 10.1. The molecule has 0 bridgehead atoms. The van der Waals surface area contributed by atoms with Gasteiger partial charge in [-0.1, -0.05) is 0 Å². The maximum Gasteiger partial charge on any atom is 0.227 e. The summed E-state index contributed by atoms with van der Waals surface area (Å²) in [6.45, 7) is 2.10. The van der Waals surface area contributed by atoms with Crippen LogP contribution in [0.25, 0.3) is 55.3 Å². The summed E-state index contributed by atoms with van der Waals surface area (Å²) in [4.78, 5) is 36.1. The van der Waals surface area contributed by atoms with Crippen LogP contribution < -0.4 is 5.32 Å². The van der Waals surface area contributed by atoms with Gasteiger partial charge in [-0.15, -0.1) is 11.3 Å².